The van der Waals surface area contributed by atoms with E-state index < -0.39 is 5.41 Å². The van der Waals surface area contributed by atoms with Gasteiger partial charge in [-0.25, -0.2) is 0 Å². The van der Waals surface area contributed by atoms with Crippen molar-refractivity contribution in [2.75, 3.05) is 6.54 Å². The second-order valence-electron chi connectivity index (χ2n) is 6.51. The lowest BCUT2D eigenvalue weighted by Gasteiger charge is -2.19. The highest BCUT2D eigenvalue weighted by Crippen LogP contribution is 2.22. The lowest BCUT2D eigenvalue weighted by Crippen LogP contribution is -2.33. The van der Waals surface area contributed by atoms with Crippen LogP contribution in [0.2, 0.25) is 0 Å². The van der Waals surface area contributed by atoms with Crippen molar-refractivity contribution in [2.24, 2.45) is 5.41 Å². The third kappa shape index (κ3) is 4.40. The van der Waals surface area contributed by atoms with Gasteiger partial charge in [0.05, 0.1) is 11.5 Å². The molecule has 1 amide bonds. The summed E-state index contributed by atoms with van der Waals surface area (Å²) in [5.41, 5.74) is 1.36. The summed E-state index contributed by atoms with van der Waals surface area (Å²) < 4.78 is 0. The standard InChI is InChI=1S/C16H22N2O/c1-15(2,3)13-8-6-12(7-9-13)14(19)18-11-16(4,5)10-17/h6-9H,11H2,1-5H3,(H,18,19). The predicted octanol–water partition coefficient (Wildman–Crippen LogP) is 3.26. The van der Waals surface area contributed by atoms with Crippen LogP contribution in [0, 0.1) is 16.7 Å². The molecule has 0 spiro atoms. The lowest BCUT2D eigenvalue weighted by molar-refractivity contribution is 0.0943. The van der Waals surface area contributed by atoms with Crippen LogP contribution in [0.4, 0.5) is 0 Å². The Labute approximate surface area is 115 Å². The normalized spacial score (nSPS) is 11.8. The first kappa shape index (κ1) is 15.2. The molecule has 0 aromatic heterocycles. The Morgan fingerprint density at radius 3 is 2.11 bits per heavy atom. The van der Waals surface area contributed by atoms with Crippen molar-refractivity contribution in [2.45, 2.75) is 40.0 Å². The maximum absolute atomic E-state index is 11.9. The number of amides is 1. The van der Waals surface area contributed by atoms with Crippen molar-refractivity contribution >= 4 is 5.91 Å². The molecule has 1 aromatic rings. The molecule has 1 aromatic carbocycles. The highest BCUT2D eigenvalue weighted by molar-refractivity contribution is 5.94. The van der Waals surface area contributed by atoms with Gasteiger partial charge < -0.3 is 5.32 Å². The Morgan fingerprint density at radius 2 is 1.68 bits per heavy atom. The molecule has 0 saturated carbocycles. The van der Waals surface area contributed by atoms with E-state index in [1.54, 1.807) is 13.8 Å². The van der Waals surface area contributed by atoms with Gasteiger partial charge >= 0.3 is 0 Å². The molecule has 0 heterocycles. The van der Waals surface area contributed by atoms with E-state index >= 15 is 0 Å². The largest absolute Gasteiger partial charge is 0.350 e. The average Bonchev–Trinajstić information content (AvgIpc) is 2.35. The van der Waals surface area contributed by atoms with E-state index in [0.29, 0.717) is 12.1 Å². The van der Waals surface area contributed by atoms with Gasteiger partial charge in [0.2, 0.25) is 0 Å². The van der Waals surface area contributed by atoms with Gasteiger partial charge in [0.25, 0.3) is 5.91 Å². The number of carbonyl (C=O) groups excluding carboxylic acids is 1. The maximum Gasteiger partial charge on any atom is 0.251 e. The molecule has 102 valence electrons. The van der Waals surface area contributed by atoms with Crippen molar-refractivity contribution in [3.63, 3.8) is 0 Å². The van der Waals surface area contributed by atoms with Crippen LogP contribution in [-0.4, -0.2) is 12.5 Å². The molecule has 0 unspecified atom stereocenters. The van der Waals surface area contributed by atoms with Crippen molar-refractivity contribution in [3.8, 4) is 6.07 Å². The fourth-order valence-electron chi connectivity index (χ4n) is 1.56. The van der Waals surface area contributed by atoms with E-state index in [9.17, 15) is 4.79 Å². The third-order valence-electron chi connectivity index (χ3n) is 3.01. The Morgan fingerprint density at radius 1 is 1.16 bits per heavy atom. The minimum absolute atomic E-state index is 0.0812. The van der Waals surface area contributed by atoms with Crippen molar-refractivity contribution < 1.29 is 4.79 Å². The summed E-state index contributed by atoms with van der Waals surface area (Å²) in [7, 11) is 0. The zero-order valence-electron chi connectivity index (χ0n) is 12.4. The molecule has 19 heavy (non-hydrogen) atoms. The summed E-state index contributed by atoms with van der Waals surface area (Å²) in [4.78, 5) is 11.9. The molecule has 0 fully saturated rings. The van der Waals surface area contributed by atoms with E-state index in [1.165, 1.54) is 5.56 Å². The summed E-state index contributed by atoms with van der Waals surface area (Å²) in [6.45, 7) is 10.4. The van der Waals surface area contributed by atoms with Crippen LogP contribution in [0.25, 0.3) is 0 Å². The van der Waals surface area contributed by atoms with Gasteiger partial charge in [-0.1, -0.05) is 32.9 Å². The highest BCUT2D eigenvalue weighted by Gasteiger charge is 2.18. The van der Waals surface area contributed by atoms with Crippen LogP contribution in [0.1, 0.15) is 50.5 Å². The Hall–Kier alpha value is -1.82. The first-order chi connectivity index (χ1) is 8.65. The summed E-state index contributed by atoms with van der Waals surface area (Å²) in [6, 6.07) is 9.77. The average molecular weight is 258 g/mol. The molecule has 3 heteroatoms. The van der Waals surface area contributed by atoms with Crippen molar-refractivity contribution in [1.29, 1.82) is 5.26 Å². The van der Waals surface area contributed by atoms with Gasteiger partial charge in [0, 0.05) is 12.1 Å². The molecular formula is C16H22N2O. The first-order valence-electron chi connectivity index (χ1n) is 6.46. The minimum Gasteiger partial charge on any atom is -0.350 e. The molecule has 0 saturated heterocycles. The number of nitrogens with one attached hydrogen (secondary N) is 1. The topological polar surface area (TPSA) is 52.9 Å². The van der Waals surface area contributed by atoms with Crippen LogP contribution in [0.3, 0.4) is 0 Å². The third-order valence-corrected chi connectivity index (χ3v) is 3.01. The fourth-order valence-corrected chi connectivity index (χ4v) is 1.56. The second-order valence-corrected chi connectivity index (χ2v) is 6.51. The van der Waals surface area contributed by atoms with Gasteiger partial charge in [0.15, 0.2) is 0 Å². The zero-order chi connectivity index (χ0) is 14.7. The summed E-state index contributed by atoms with van der Waals surface area (Å²) in [5.74, 6) is -0.135. The second kappa shape index (κ2) is 5.44. The SMILES string of the molecule is CC(C)(C#N)CNC(=O)c1ccc(C(C)(C)C)cc1. The highest BCUT2D eigenvalue weighted by atomic mass is 16.1. The number of nitrogens with zero attached hydrogens (tertiary/aromatic N) is 1. The summed E-state index contributed by atoms with van der Waals surface area (Å²) in [5, 5.41) is 11.7. The van der Waals surface area contributed by atoms with E-state index in [0.717, 1.165) is 0 Å². The van der Waals surface area contributed by atoms with Gasteiger partial charge in [-0.05, 0) is 37.0 Å². The number of rotatable bonds is 3. The number of carbonyl (C=O) groups is 1. The predicted molar refractivity (Wildman–Crippen MR) is 76.9 cm³/mol. The van der Waals surface area contributed by atoms with Crippen LogP contribution in [-0.2, 0) is 5.41 Å². The molecule has 3 nitrogen and oxygen atoms in total. The maximum atomic E-state index is 11.9. The molecule has 0 aliphatic heterocycles. The number of benzene rings is 1. The zero-order valence-corrected chi connectivity index (χ0v) is 12.4. The smallest absolute Gasteiger partial charge is 0.251 e. The monoisotopic (exact) mass is 258 g/mol. The molecule has 0 atom stereocenters. The van der Waals surface area contributed by atoms with Crippen molar-refractivity contribution in [3.05, 3.63) is 35.4 Å². The Balaban J connectivity index is 2.72. The number of hydrogen-bond acceptors (Lipinski definition) is 2. The van der Waals surface area contributed by atoms with Gasteiger partial charge in [-0.3, -0.25) is 4.79 Å². The minimum atomic E-state index is -0.541. The summed E-state index contributed by atoms with van der Waals surface area (Å²) in [6.07, 6.45) is 0. The van der Waals surface area contributed by atoms with Crippen LogP contribution in [0.5, 0.6) is 0 Å². The van der Waals surface area contributed by atoms with Crippen molar-refractivity contribution in [1.82, 2.24) is 5.32 Å². The van der Waals surface area contributed by atoms with Crippen LogP contribution in [0.15, 0.2) is 24.3 Å². The van der Waals surface area contributed by atoms with E-state index in [4.69, 9.17) is 5.26 Å². The van der Waals surface area contributed by atoms with E-state index in [-0.39, 0.29) is 11.3 Å². The Bertz CT molecular complexity index is 487. The van der Waals surface area contributed by atoms with Crippen LogP contribution < -0.4 is 5.32 Å². The molecular weight excluding hydrogens is 236 g/mol. The van der Waals surface area contributed by atoms with Crippen LogP contribution >= 0.6 is 0 Å². The van der Waals surface area contributed by atoms with Gasteiger partial charge in [-0.15, -0.1) is 0 Å². The summed E-state index contributed by atoms with van der Waals surface area (Å²) >= 11 is 0. The van der Waals surface area contributed by atoms with Gasteiger partial charge in [-0.2, -0.15) is 5.26 Å². The molecule has 0 aliphatic rings. The Kier molecular flexibility index (Phi) is 4.36. The molecule has 1 rings (SSSR count). The molecule has 1 N–H and O–H groups in total. The lowest BCUT2D eigenvalue weighted by atomic mass is 9.86. The fraction of sp³-hybridized carbons (Fsp3) is 0.500. The molecule has 0 aliphatic carbocycles. The molecule has 0 radical (unpaired) electrons. The number of hydrogen-bond donors (Lipinski definition) is 1. The molecule has 0 bridgehead atoms. The van der Waals surface area contributed by atoms with E-state index in [2.05, 4.69) is 32.2 Å². The van der Waals surface area contributed by atoms with Gasteiger partial charge in [0.1, 0.15) is 0 Å². The van der Waals surface area contributed by atoms with E-state index in [1.807, 2.05) is 24.3 Å². The quantitative estimate of drug-likeness (QED) is 0.904. The number of nitriles is 1. The first-order valence-corrected chi connectivity index (χ1v) is 6.46.